The Labute approximate surface area is 255 Å². The molecule has 1 unspecified atom stereocenters. The van der Waals surface area contributed by atoms with Crippen LogP contribution in [0.25, 0.3) is 0 Å². The van der Waals surface area contributed by atoms with Crippen molar-refractivity contribution >= 4 is 23.5 Å². The van der Waals surface area contributed by atoms with E-state index in [2.05, 4.69) is 0 Å². The summed E-state index contributed by atoms with van der Waals surface area (Å²) in [6.45, 7) is -0.302. The van der Waals surface area contributed by atoms with Gasteiger partial charge in [-0.2, -0.15) is 0 Å². The molecule has 5 N–H and O–H groups in total. The van der Waals surface area contributed by atoms with Gasteiger partial charge in [-0.25, -0.2) is 4.39 Å². The Morgan fingerprint density at radius 1 is 0.795 bits per heavy atom. The van der Waals surface area contributed by atoms with E-state index >= 15 is 0 Å². The van der Waals surface area contributed by atoms with Gasteiger partial charge in [0, 0.05) is 5.69 Å². The number of anilines is 1. The van der Waals surface area contributed by atoms with Crippen molar-refractivity contribution in [2.75, 3.05) is 11.5 Å². The first-order valence-corrected chi connectivity index (χ1v) is 14.8. The highest BCUT2D eigenvalue weighted by Gasteiger charge is 2.48. The first kappa shape index (κ1) is 32.8. The number of aliphatic hydroxyl groups is 3. The van der Waals surface area contributed by atoms with Crippen LogP contribution in [0.1, 0.15) is 66.5 Å². The molecule has 3 aromatic carbocycles. The summed E-state index contributed by atoms with van der Waals surface area (Å²) in [5.74, 6) is -5.03. The molecule has 1 saturated heterocycles. The van der Waals surface area contributed by atoms with Crippen molar-refractivity contribution in [2.45, 2.75) is 63.2 Å². The number of hydrogen-bond donors (Lipinski definition) is 5. The highest BCUT2D eigenvalue weighted by molar-refractivity contribution is 6.03. The molecule has 1 heterocycles. The van der Waals surface area contributed by atoms with Gasteiger partial charge in [0.05, 0.1) is 30.8 Å². The maximum absolute atomic E-state index is 13.5. The molecule has 0 bridgehead atoms. The van der Waals surface area contributed by atoms with E-state index in [1.807, 2.05) is 48.5 Å². The standard InChI is InChI=1S/C34H38FNO8/c35-25-13-11-23(12-14-25)30(39)19-18-28-31(24-9-4-21(5-10-24)2-1-3-29(33(41)42)34(43)44)36(32(28)40)26-15-6-22(7-16-26)8-17-27(38)20-37/h4-7,9-16,27-31,37-39H,1-3,8,17-20H2,(H,41,42)(H,43,44)/t27?,28-,30+,31-/m1/s1. The zero-order chi connectivity index (χ0) is 31.8. The van der Waals surface area contributed by atoms with Crippen LogP contribution in [-0.2, 0) is 27.2 Å². The van der Waals surface area contributed by atoms with Gasteiger partial charge >= 0.3 is 11.9 Å². The van der Waals surface area contributed by atoms with Crippen molar-refractivity contribution in [3.63, 3.8) is 0 Å². The molecule has 1 aliphatic rings. The Balaban J connectivity index is 1.49. The molecular weight excluding hydrogens is 569 g/mol. The summed E-state index contributed by atoms with van der Waals surface area (Å²) in [7, 11) is 0. The minimum atomic E-state index is -1.44. The second kappa shape index (κ2) is 15.1. The van der Waals surface area contributed by atoms with E-state index in [4.69, 9.17) is 15.3 Å². The third-order valence-electron chi connectivity index (χ3n) is 8.29. The number of aliphatic hydroxyl groups excluding tert-OH is 3. The SMILES string of the molecule is O=C(O)C(CCCc1ccc([C@@H]2[C@@H](CC[C@H](O)c3ccc(F)cc3)C(=O)N2c2ccc(CCC(O)CO)cc2)cc1)C(=O)O. The van der Waals surface area contributed by atoms with Crippen LogP contribution in [0.4, 0.5) is 10.1 Å². The lowest BCUT2D eigenvalue weighted by Crippen LogP contribution is -2.55. The summed E-state index contributed by atoms with van der Waals surface area (Å²) in [6, 6.07) is 20.4. The van der Waals surface area contributed by atoms with Gasteiger partial charge in [0.15, 0.2) is 5.92 Å². The van der Waals surface area contributed by atoms with Gasteiger partial charge in [-0.05, 0) is 91.5 Å². The predicted molar refractivity (Wildman–Crippen MR) is 160 cm³/mol. The molecule has 0 aliphatic carbocycles. The molecule has 3 aromatic rings. The van der Waals surface area contributed by atoms with Gasteiger partial charge in [0.1, 0.15) is 5.82 Å². The third kappa shape index (κ3) is 8.07. The fourth-order valence-corrected chi connectivity index (χ4v) is 5.68. The Kier molecular flexibility index (Phi) is 11.2. The number of β-lactam (4-membered cyclic amide) rings is 1. The fraction of sp³-hybridized carbons (Fsp3) is 0.382. The van der Waals surface area contributed by atoms with Crippen LogP contribution in [-0.4, -0.2) is 56.1 Å². The normalized spacial score (nSPS) is 17.8. The van der Waals surface area contributed by atoms with E-state index in [9.17, 15) is 29.0 Å². The Bertz CT molecular complexity index is 1400. The number of rotatable bonds is 16. The summed E-state index contributed by atoms with van der Waals surface area (Å²) >= 11 is 0. The van der Waals surface area contributed by atoms with Crippen LogP contribution in [0.2, 0.25) is 0 Å². The molecule has 0 spiro atoms. The fourth-order valence-electron chi connectivity index (χ4n) is 5.68. The Hall–Kier alpha value is -4.12. The average molecular weight is 608 g/mol. The van der Waals surface area contributed by atoms with E-state index in [0.29, 0.717) is 49.8 Å². The molecular formula is C34H38FNO8. The Morgan fingerprint density at radius 3 is 1.98 bits per heavy atom. The van der Waals surface area contributed by atoms with Gasteiger partial charge in [0.2, 0.25) is 5.91 Å². The molecule has 1 amide bonds. The van der Waals surface area contributed by atoms with Crippen LogP contribution in [0.3, 0.4) is 0 Å². The summed E-state index contributed by atoms with van der Waals surface area (Å²) < 4.78 is 13.3. The molecule has 4 rings (SSSR count). The summed E-state index contributed by atoms with van der Waals surface area (Å²) in [5.41, 5.74) is 4.05. The number of halogens is 1. The molecule has 1 fully saturated rings. The van der Waals surface area contributed by atoms with Gasteiger partial charge in [-0.15, -0.1) is 0 Å². The van der Waals surface area contributed by atoms with E-state index in [1.165, 1.54) is 24.3 Å². The van der Waals surface area contributed by atoms with Gasteiger partial charge < -0.3 is 30.4 Å². The number of benzene rings is 3. The lowest BCUT2D eigenvalue weighted by molar-refractivity contribution is -0.154. The monoisotopic (exact) mass is 607 g/mol. The van der Waals surface area contributed by atoms with Crippen LogP contribution >= 0.6 is 0 Å². The highest BCUT2D eigenvalue weighted by atomic mass is 19.1. The number of carboxylic acid groups (broad SMARTS) is 2. The van der Waals surface area contributed by atoms with Crippen LogP contribution in [0.15, 0.2) is 72.8 Å². The number of aryl methyl sites for hydroxylation is 2. The zero-order valence-electron chi connectivity index (χ0n) is 24.3. The van der Waals surface area contributed by atoms with Gasteiger partial charge in [-0.3, -0.25) is 14.4 Å². The van der Waals surface area contributed by atoms with E-state index in [0.717, 1.165) is 16.7 Å². The first-order valence-electron chi connectivity index (χ1n) is 14.8. The van der Waals surface area contributed by atoms with E-state index in [1.54, 1.807) is 4.90 Å². The van der Waals surface area contributed by atoms with Crippen molar-refractivity contribution < 1.29 is 44.3 Å². The number of hydrogen-bond acceptors (Lipinski definition) is 6. The smallest absolute Gasteiger partial charge is 0.317 e. The zero-order valence-corrected chi connectivity index (χ0v) is 24.3. The van der Waals surface area contributed by atoms with Gasteiger partial charge in [-0.1, -0.05) is 48.5 Å². The summed E-state index contributed by atoms with van der Waals surface area (Å²) in [4.78, 5) is 37.6. The number of carboxylic acids is 2. The van der Waals surface area contributed by atoms with E-state index < -0.39 is 41.8 Å². The number of amides is 1. The quantitative estimate of drug-likeness (QED) is 0.118. The average Bonchev–Trinajstić information content (AvgIpc) is 3.01. The molecule has 1 aliphatic heterocycles. The number of carbonyl (C=O) groups excluding carboxylic acids is 1. The highest BCUT2D eigenvalue weighted by Crippen LogP contribution is 2.46. The van der Waals surface area contributed by atoms with Crippen molar-refractivity contribution in [1.82, 2.24) is 0 Å². The van der Waals surface area contributed by atoms with Crippen molar-refractivity contribution in [2.24, 2.45) is 11.8 Å². The van der Waals surface area contributed by atoms with Crippen LogP contribution in [0, 0.1) is 17.7 Å². The molecule has 4 atom stereocenters. The maximum Gasteiger partial charge on any atom is 0.317 e. The predicted octanol–water partition coefficient (Wildman–Crippen LogP) is 4.44. The van der Waals surface area contributed by atoms with Crippen molar-refractivity contribution in [3.05, 3.63) is 101 Å². The third-order valence-corrected chi connectivity index (χ3v) is 8.29. The van der Waals surface area contributed by atoms with Crippen molar-refractivity contribution in [3.8, 4) is 0 Å². The van der Waals surface area contributed by atoms with E-state index in [-0.39, 0.29) is 25.0 Å². The molecule has 0 radical (unpaired) electrons. The largest absolute Gasteiger partial charge is 0.481 e. The second-order valence-corrected chi connectivity index (χ2v) is 11.3. The molecule has 0 aromatic heterocycles. The number of nitrogens with zero attached hydrogens (tertiary/aromatic N) is 1. The molecule has 44 heavy (non-hydrogen) atoms. The molecule has 10 heteroatoms. The Morgan fingerprint density at radius 2 is 1.39 bits per heavy atom. The summed E-state index contributed by atoms with van der Waals surface area (Å²) in [6.07, 6.45) is 0.977. The minimum Gasteiger partial charge on any atom is -0.481 e. The molecule has 9 nitrogen and oxygen atoms in total. The van der Waals surface area contributed by atoms with Crippen LogP contribution in [0.5, 0.6) is 0 Å². The molecule has 234 valence electrons. The summed E-state index contributed by atoms with van der Waals surface area (Å²) in [5, 5.41) is 47.6. The number of carbonyl (C=O) groups is 3. The molecule has 0 saturated carbocycles. The lowest BCUT2D eigenvalue weighted by Gasteiger charge is -2.48. The topological polar surface area (TPSA) is 156 Å². The number of aliphatic carboxylic acids is 2. The van der Waals surface area contributed by atoms with Gasteiger partial charge in [0.25, 0.3) is 0 Å². The second-order valence-electron chi connectivity index (χ2n) is 11.3. The first-order chi connectivity index (χ1) is 21.1. The maximum atomic E-state index is 13.5. The van der Waals surface area contributed by atoms with Crippen LogP contribution < -0.4 is 4.90 Å². The van der Waals surface area contributed by atoms with Crippen molar-refractivity contribution in [1.29, 1.82) is 0 Å². The lowest BCUT2D eigenvalue weighted by atomic mass is 9.78. The minimum absolute atomic E-state index is 0.0186.